The minimum atomic E-state index is -0.696. The Morgan fingerprint density at radius 1 is 1.14 bits per heavy atom. The second-order valence-electron chi connectivity index (χ2n) is 8.48. The van der Waals surface area contributed by atoms with E-state index in [2.05, 4.69) is 4.98 Å². The van der Waals surface area contributed by atoms with Crippen LogP contribution in [0.3, 0.4) is 0 Å². The smallest absolute Gasteiger partial charge is 0.409 e. The van der Waals surface area contributed by atoms with Gasteiger partial charge < -0.3 is 19.3 Å². The van der Waals surface area contributed by atoms with Crippen molar-refractivity contribution in [3.8, 4) is 5.75 Å². The lowest BCUT2D eigenvalue weighted by molar-refractivity contribution is 0.0709. The van der Waals surface area contributed by atoms with Gasteiger partial charge >= 0.3 is 6.09 Å². The van der Waals surface area contributed by atoms with E-state index >= 15 is 0 Å². The van der Waals surface area contributed by atoms with Crippen LogP contribution in [0.25, 0.3) is 0 Å². The van der Waals surface area contributed by atoms with Gasteiger partial charge in [0.2, 0.25) is 0 Å². The Hall–Kier alpha value is -3.72. The molecule has 1 fully saturated rings. The highest BCUT2D eigenvalue weighted by Gasteiger charge is 2.33. The molecule has 1 amide bonds. The Labute approximate surface area is 203 Å². The number of amides is 1. The topological polar surface area (TPSA) is 87.9 Å². The molecule has 1 saturated heterocycles. The molecule has 35 heavy (non-hydrogen) atoms. The zero-order chi connectivity index (χ0) is 24.9. The summed E-state index contributed by atoms with van der Waals surface area (Å²) in [5, 5.41) is 11.0. The highest BCUT2D eigenvalue weighted by molar-refractivity contribution is 5.67. The molecule has 1 N–H and O–H groups in total. The average Bonchev–Trinajstić information content (AvgIpc) is 2.85. The fourth-order valence-corrected chi connectivity index (χ4v) is 4.49. The van der Waals surface area contributed by atoms with E-state index < -0.39 is 11.9 Å². The Kier molecular flexibility index (Phi) is 7.45. The van der Waals surface area contributed by atoms with Crippen molar-refractivity contribution >= 4 is 6.09 Å². The highest BCUT2D eigenvalue weighted by Crippen LogP contribution is 2.33. The van der Waals surface area contributed by atoms with E-state index in [4.69, 9.17) is 4.74 Å². The predicted molar refractivity (Wildman–Crippen MR) is 129 cm³/mol. The zero-order valence-electron chi connectivity index (χ0n) is 19.9. The number of halogens is 1. The van der Waals surface area contributed by atoms with Crippen LogP contribution in [0.1, 0.15) is 35.5 Å². The molecule has 0 saturated carbocycles. The number of benzene rings is 1. The summed E-state index contributed by atoms with van der Waals surface area (Å²) in [7, 11) is 0. The lowest BCUT2D eigenvalue weighted by atomic mass is 9.96. The molecule has 2 aromatic heterocycles. The van der Waals surface area contributed by atoms with Crippen LogP contribution in [0.15, 0.2) is 59.5 Å². The summed E-state index contributed by atoms with van der Waals surface area (Å²) in [6, 6.07) is 12.4. The third-order valence-corrected chi connectivity index (χ3v) is 6.21. The first-order chi connectivity index (χ1) is 16.9. The largest absolute Gasteiger partial charge is 0.507 e. The minimum absolute atomic E-state index is 0.146. The molecular weight excluding hydrogens is 451 g/mol. The van der Waals surface area contributed by atoms with Gasteiger partial charge in [-0.15, -0.1) is 0 Å². The number of aryl methyl sites for hydroxylation is 1. The van der Waals surface area contributed by atoms with Crippen LogP contribution in [0, 0.1) is 12.7 Å². The Morgan fingerprint density at radius 2 is 1.91 bits per heavy atom. The molecule has 1 aliphatic heterocycles. The van der Waals surface area contributed by atoms with Crippen LogP contribution in [0.5, 0.6) is 5.75 Å². The maximum Gasteiger partial charge on any atom is 0.409 e. The van der Waals surface area contributed by atoms with Crippen LogP contribution in [0.4, 0.5) is 9.18 Å². The normalized spacial score (nSPS) is 15.1. The van der Waals surface area contributed by atoms with Crippen LogP contribution in [-0.2, 0) is 11.3 Å². The third kappa shape index (κ3) is 5.35. The van der Waals surface area contributed by atoms with Gasteiger partial charge in [0.05, 0.1) is 30.5 Å². The van der Waals surface area contributed by atoms with Crippen molar-refractivity contribution in [2.24, 2.45) is 0 Å². The molecule has 0 bridgehead atoms. The Balaban J connectivity index is 1.75. The summed E-state index contributed by atoms with van der Waals surface area (Å²) in [4.78, 5) is 33.9. The predicted octanol–water partition coefficient (Wildman–Crippen LogP) is 3.31. The lowest BCUT2D eigenvalue weighted by Gasteiger charge is -2.39. The Morgan fingerprint density at radius 3 is 2.57 bits per heavy atom. The number of carbonyl (C=O) groups is 1. The number of piperazine rings is 1. The maximum absolute atomic E-state index is 14.3. The molecule has 3 aromatic rings. The quantitative estimate of drug-likeness (QED) is 0.583. The molecule has 1 unspecified atom stereocenters. The molecule has 0 spiro atoms. The van der Waals surface area contributed by atoms with E-state index in [-0.39, 0.29) is 36.1 Å². The van der Waals surface area contributed by atoms with E-state index in [0.717, 1.165) is 0 Å². The van der Waals surface area contributed by atoms with E-state index in [1.165, 1.54) is 12.1 Å². The molecular formula is C26H29FN4O4. The first kappa shape index (κ1) is 24.4. The van der Waals surface area contributed by atoms with Gasteiger partial charge in [-0.1, -0.05) is 18.2 Å². The van der Waals surface area contributed by atoms with Crippen molar-refractivity contribution in [3.63, 3.8) is 0 Å². The van der Waals surface area contributed by atoms with Gasteiger partial charge in [0, 0.05) is 38.1 Å². The second-order valence-corrected chi connectivity index (χ2v) is 8.48. The van der Waals surface area contributed by atoms with Gasteiger partial charge in [-0.3, -0.25) is 14.7 Å². The van der Waals surface area contributed by atoms with Crippen LogP contribution in [-0.4, -0.2) is 63.3 Å². The second kappa shape index (κ2) is 10.7. The molecule has 8 nitrogen and oxygen atoms in total. The van der Waals surface area contributed by atoms with E-state index in [0.29, 0.717) is 43.1 Å². The van der Waals surface area contributed by atoms with Crippen molar-refractivity contribution in [2.75, 3.05) is 32.8 Å². The molecule has 0 aliphatic carbocycles. The number of pyridine rings is 2. The van der Waals surface area contributed by atoms with Gasteiger partial charge in [-0.25, -0.2) is 9.18 Å². The van der Waals surface area contributed by atoms with Gasteiger partial charge in [0.1, 0.15) is 11.6 Å². The lowest BCUT2D eigenvalue weighted by Crippen LogP contribution is -2.50. The molecule has 4 rings (SSSR count). The molecule has 184 valence electrons. The number of carbonyl (C=O) groups excluding carboxylic acids is 1. The van der Waals surface area contributed by atoms with E-state index in [1.54, 1.807) is 53.8 Å². The number of hydrogen-bond donors (Lipinski definition) is 1. The van der Waals surface area contributed by atoms with Gasteiger partial charge in [0.15, 0.2) is 0 Å². The average molecular weight is 481 g/mol. The maximum atomic E-state index is 14.3. The SMILES string of the molecule is CCOC(=O)N1CCN(C(c2cccc(F)c2)c2c(O)cc(C)n(Cc3ccccn3)c2=O)CC1. The molecule has 9 heteroatoms. The van der Waals surface area contributed by atoms with Gasteiger partial charge in [-0.05, 0) is 49.7 Å². The van der Waals surface area contributed by atoms with E-state index in [1.807, 2.05) is 17.0 Å². The number of nitrogens with zero attached hydrogens (tertiary/aromatic N) is 4. The van der Waals surface area contributed by atoms with Gasteiger partial charge in [0.25, 0.3) is 5.56 Å². The van der Waals surface area contributed by atoms with Crippen molar-refractivity contribution < 1.29 is 19.0 Å². The fraction of sp³-hybridized carbons (Fsp3) is 0.346. The van der Waals surface area contributed by atoms with Crippen molar-refractivity contribution in [1.29, 1.82) is 0 Å². The summed E-state index contributed by atoms with van der Waals surface area (Å²) in [5.41, 5.74) is 1.65. The Bertz CT molecular complexity index is 1240. The molecule has 0 radical (unpaired) electrons. The fourth-order valence-electron chi connectivity index (χ4n) is 4.49. The van der Waals surface area contributed by atoms with Gasteiger partial charge in [-0.2, -0.15) is 0 Å². The van der Waals surface area contributed by atoms with Crippen molar-refractivity contribution in [1.82, 2.24) is 19.4 Å². The first-order valence-corrected chi connectivity index (χ1v) is 11.6. The summed E-state index contributed by atoms with van der Waals surface area (Å²) >= 11 is 0. The third-order valence-electron chi connectivity index (χ3n) is 6.21. The summed E-state index contributed by atoms with van der Waals surface area (Å²) in [5.74, 6) is -0.579. The van der Waals surface area contributed by atoms with E-state index in [9.17, 15) is 19.1 Å². The van der Waals surface area contributed by atoms with Crippen molar-refractivity contribution in [3.05, 3.63) is 93.4 Å². The highest BCUT2D eigenvalue weighted by atomic mass is 19.1. The minimum Gasteiger partial charge on any atom is -0.507 e. The number of aromatic hydroxyl groups is 1. The first-order valence-electron chi connectivity index (χ1n) is 11.6. The monoisotopic (exact) mass is 480 g/mol. The summed E-state index contributed by atoms with van der Waals surface area (Å²) in [6.07, 6.45) is 1.28. The number of aromatic nitrogens is 2. The van der Waals surface area contributed by atoms with Crippen molar-refractivity contribution in [2.45, 2.75) is 26.4 Å². The molecule has 3 heterocycles. The van der Waals surface area contributed by atoms with Crippen LogP contribution >= 0.6 is 0 Å². The summed E-state index contributed by atoms with van der Waals surface area (Å²) in [6.45, 7) is 5.66. The number of rotatable bonds is 6. The van der Waals surface area contributed by atoms with Crippen LogP contribution in [0.2, 0.25) is 0 Å². The molecule has 1 atom stereocenters. The molecule has 1 aromatic carbocycles. The summed E-state index contributed by atoms with van der Waals surface area (Å²) < 4.78 is 20.9. The number of hydrogen-bond acceptors (Lipinski definition) is 6. The zero-order valence-corrected chi connectivity index (χ0v) is 19.9. The van der Waals surface area contributed by atoms with Crippen LogP contribution < -0.4 is 5.56 Å². The number of ether oxygens (including phenoxy) is 1. The molecule has 1 aliphatic rings. The standard InChI is InChI=1S/C26H29FN4O4/c1-3-35-26(34)30-13-11-29(12-14-30)24(19-7-6-8-20(27)16-19)23-22(32)15-18(2)31(25(23)33)17-21-9-4-5-10-28-21/h4-10,15-16,24,32H,3,11-14,17H2,1-2H3.